The van der Waals surface area contributed by atoms with Crippen LogP contribution in [0.5, 0.6) is 5.75 Å². The molecule has 2 N–H and O–H groups in total. The molecule has 0 saturated carbocycles. The number of aliphatic carboxylic acids is 1. The number of methoxy groups -OCH3 is 1. The normalized spacial score (nSPS) is 20.8. The number of nitrogens with zero attached hydrogens (tertiary/aromatic N) is 1. The van der Waals surface area contributed by atoms with Crippen LogP contribution >= 0.6 is 0 Å². The van der Waals surface area contributed by atoms with Crippen LogP contribution in [0, 0.1) is 0 Å². The maximum atomic E-state index is 11.3. The Balaban J connectivity index is 2.06. The van der Waals surface area contributed by atoms with E-state index in [1.54, 1.807) is 7.11 Å². The van der Waals surface area contributed by atoms with Crippen LogP contribution in [-0.2, 0) is 11.3 Å². The van der Waals surface area contributed by atoms with Crippen molar-refractivity contribution >= 4 is 5.97 Å². The lowest BCUT2D eigenvalue weighted by Gasteiger charge is -2.26. The monoisotopic (exact) mass is 264 g/mol. The van der Waals surface area contributed by atoms with Crippen LogP contribution in [0.15, 0.2) is 24.3 Å². The predicted octanol–water partition coefficient (Wildman–Crippen LogP) is 0.944. The van der Waals surface area contributed by atoms with Gasteiger partial charge in [-0.3, -0.25) is 9.69 Å². The van der Waals surface area contributed by atoms with Gasteiger partial charge in [0.25, 0.3) is 0 Å². The summed E-state index contributed by atoms with van der Waals surface area (Å²) in [5, 5.41) is 12.5. The number of carbonyl (C=O) groups is 1. The molecule has 1 heterocycles. The number of hydrogen-bond acceptors (Lipinski definition) is 4. The van der Waals surface area contributed by atoms with E-state index in [2.05, 4.69) is 5.32 Å². The van der Waals surface area contributed by atoms with E-state index in [-0.39, 0.29) is 0 Å². The second-order valence-electron chi connectivity index (χ2n) is 4.71. The van der Waals surface area contributed by atoms with Crippen molar-refractivity contribution in [1.29, 1.82) is 0 Å². The van der Waals surface area contributed by atoms with E-state index in [1.807, 2.05) is 29.2 Å². The number of carboxylic acids is 1. The van der Waals surface area contributed by atoms with E-state index in [4.69, 9.17) is 4.74 Å². The molecule has 0 bridgehead atoms. The highest BCUT2D eigenvalue weighted by Gasteiger charge is 2.26. The van der Waals surface area contributed by atoms with E-state index in [9.17, 15) is 9.90 Å². The topological polar surface area (TPSA) is 61.8 Å². The molecule has 1 aliphatic rings. The highest BCUT2D eigenvalue weighted by molar-refractivity contribution is 5.73. The summed E-state index contributed by atoms with van der Waals surface area (Å²) in [6.45, 7) is 3.00. The van der Waals surface area contributed by atoms with Gasteiger partial charge in [-0.25, -0.2) is 0 Å². The third kappa shape index (κ3) is 3.68. The fraction of sp³-hybridized carbons (Fsp3) is 0.500. The average Bonchev–Trinajstić information content (AvgIpc) is 2.65. The molecule has 0 radical (unpaired) electrons. The van der Waals surface area contributed by atoms with Crippen LogP contribution in [0.1, 0.15) is 12.0 Å². The van der Waals surface area contributed by atoms with Gasteiger partial charge in [-0.15, -0.1) is 0 Å². The molecule has 1 atom stereocenters. The first-order chi connectivity index (χ1) is 9.20. The van der Waals surface area contributed by atoms with Crippen molar-refractivity contribution in [3.63, 3.8) is 0 Å². The van der Waals surface area contributed by atoms with Gasteiger partial charge in [0.15, 0.2) is 0 Å². The van der Waals surface area contributed by atoms with Crippen molar-refractivity contribution in [2.45, 2.75) is 19.0 Å². The van der Waals surface area contributed by atoms with Crippen LogP contribution in [0.2, 0.25) is 0 Å². The van der Waals surface area contributed by atoms with Crippen LogP contribution in [0.25, 0.3) is 0 Å². The minimum atomic E-state index is -0.739. The van der Waals surface area contributed by atoms with Gasteiger partial charge in [-0.2, -0.15) is 0 Å². The maximum absolute atomic E-state index is 11.3. The minimum Gasteiger partial charge on any atom is -0.497 e. The Bertz CT molecular complexity index is 419. The van der Waals surface area contributed by atoms with Crippen molar-refractivity contribution in [1.82, 2.24) is 10.2 Å². The van der Waals surface area contributed by atoms with Crippen LogP contribution < -0.4 is 10.1 Å². The smallest absolute Gasteiger partial charge is 0.320 e. The molecule has 0 spiro atoms. The summed E-state index contributed by atoms with van der Waals surface area (Å²) < 4.78 is 5.12. The first kappa shape index (κ1) is 13.8. The zero-order chi connectivity index (χ0) is 13.7. The molecule has 5 heteroatoms. The Hall–Kier alpha value is -1.59. The van der Waals surface area contributed by atoms with Crippen molar-refractivity contribution in [3.05, 3.63) is 29.8 Å². The molecule has 1 saturated heterocycles. The SMILES string of the molecule is COc1ccc(CN2CCNCCC2C(=O)O)cc1. The summed E-state index contributed by atoms with van der Waals surface area (Å²) in [6.07, 6.45) is 0.644. The van der Waals surface area contributed by atoms with E-state index in [0.29, 0.717) is 13.0 Å². The fourth-order valence-electron chi connectivity index (χ4n) is 2.36. The lowest BCUT2D eigenvalue weighted by molar-refractivity contribution is -0.143. The summed E-state index contributed by atoms with van der Waals surface area (Å²) in [7, 11) is 1.63. The second-order valence-corrected chi connectivity index (χ2v) is 4.71. The van der Waals surface area contributed by atoms with Crippen LogP contribution in [0.4, 0.5) is 0 Å². The molecule has 1 aliphatic heterocycles. The van der Waals surface area contributed by atoms with E-state index < -0.39 is 12.0 Å². The average molecular weight is 264 g/mol. The second kappa shape index (κ2) is 6.54. The number of ether oxygens (including phenoxy) is 1. The van der Waals surface area contributed by atoms with Gasteiger partial charge in [0.1, 0.15) is 11.8 Å². The number of carboxylic acid groups (broad SMARTS) is 1. The molecular weight excluding hydrogens is 244 g/mol. The lowest BCUT2D eigenvalue weighted by atomic mass is 10.1. The molecule has 1 aromatic carbocycles. The fourth-order valence-corrected chi connectivity index (χ4v) is 2.36. The summed E-state index contributed by atoms with van der Waals surface area (Å²) in [5.74, 6) is 0.0771. The van der Waals surface area contributed by atoms with Gasteiger partial charge < -0.3 is 15.2 Å². The van der Waals surface area contributed by atoms with E-state index in [1.165, 1.54) is 0 Å². The lowest BCUT2D eigenvalue weighted by Crippen LogP contribution is -2.41. The molecule has 0 aromatic heterocycles. The molecule has 0 aliphatic carbocycles. The molecule has 19 heavy (non-hydrogen) atoms. The van der Waals surface area contributed by atoms with Gasteiger partial charge >= 0.3 is 5.97 Å². The molecule has 1 unspecified atom stereocenters. The predicted molar refractivity (Wildman–Crippen MR) is 72.3 cm³/mol. The third-order valence-corrected chi connectivity index (χ3v) is 3.44. The summed E-state index contributed by atoms with van der Waals surface area (Å²) in [4.78, 5) is 13.3. The summed E-state index contributed by atoms with van der Waals surface area (Å²) >= 11 is 0. The largest absolute Gasteiger partial charge is 0.497 e. The molecule has 0 amide bonds. The highest BCUT2D eigenvalue weighted by Crippen LogP contribution is 2.16. The van der Waals surface area contributed by atoms with E-state index >= 15 is 0 Å². The van der Waals surface area contributed by atoms with Gasteiger partial charge in [-0.1, -0.05) is 12.1 Å². The minimum absolute atomic E-state index is 0.405. The standard InChI is InChI=1S/C14H20N2O3/c1-19-12-4-2-11(3-5-12)10-16-9-8-15-7-6-13(16)14(17)18/h2-5,13,15H,6-10H2,1H3,(H,17,18). The highest BCUT2D eigenvalue weighted by atomic mass is 16.5. The zero-order valence-corrected chi connectivity index (χ0v) is 11.1. The van der Waals surface area contributed by atoms with Crippen molar-refractivity contribution in [2.24, 2.45) is 0 Å². The van der Waals surface area contributed by atoms with Crippen LogP contribution in [0.3, 0.4) is 0 Å². The zero-order valence-electron chi connectivity index (χ0n) is 11.1. The Kier molecular flexibility index (Phi) is 4.76. The number of rotatable bonds is 4. The molecule has 2 rings (SSSR count). The van der Waals surface area contributed by atoms with Gasteiger partial charge in [0.05, 0.1) is 7.11 Å². The molecule has 5 nitrogen and oxygen atoms in total. The van der Waals surface area contributed by atoms with Crippen molar-refractivity contribution in [2.75, 3.05) is 26.7 Å². The maximum Gasteiger partial charge on any atom is 0.320 e. The summed E-state index contributed by atoms with van der Waals surface area (Å²) in [5.41, 5.74) is 1.11. The van der Waals surface area contributed by atoms with Gasteiger partial charge in [0.2, 0.25) is 0 Å². The third-order valence-electron chi connectivity index (χ3n) is 3.44. The number of hydrogen-bond donors (Lipinski definition) is 2. The first-order valence-electron chi connectivity index (χ1n) is 6.51. The Morgan fingerprint density at radius 1 is 1.42 bits per heavy atom. The van der Waals surface area contributed by atoms with Crippen molar-refractivity contribution < 1.29 is 14.6 Å². The van der Waals surface area contributed by atoms with Crippen molar-refractivity contribution in [3.8, 4) is 5.75 Å². The number of nitrogens with one attached hydrogen (secondary N) is 1. The number of benzene rings is 1. The molecule has 1 aromatic rings. The quantitative estimate of drug-likeness (QED) is 0.847. The van der Waals surface area contributed by atoms with E-state index in [0.717, 1.165) is 30.9 Å². The Labute approximate surface area is 113 Å². The van der Waals surface area contributed by atoms with Gasteiger partial charge in [0, 0.05) is 19.6 Å². The van der Waals surface area contributed by atoms with Crippen LogP contribution in [-0.4, -0.2) is 48.8 Å². The first-order valence-corrected chi connectivity index (χ1v) is 6.51. The molecular formula is C14H20N2O3. The Morgan fingerprint density at radius 2 is 2.16 bits per heavy atom. The molecule has 1 fully saturated rings. The summed E-state index contributed by atoms with van der Waals surface area (Å²) in [6, 6.07) is 7.37. The van der Waals surface area contributed by atoms with Gasteiger partial charge in [-0.05, 0) is 30.7 Å². The Morgan fingerprint density at radius 3 is 2.79 bits per heavy atom. The molecule has 104 valence electrons.